The van der Waals surface area contributed by atoms with E-state index < -0.39 is 5.60 Å². The van der Waals surface area contributed by atoms with Crippen LogP contribution in [0.15, 0.2) is 24.5 Å². The quantitative estimate of drug-likeness (QED) is 0.832. The van der Waals surface area contributed by atoms with Crippen molar-refractivity contribution in [3.05, 3.63) is 30.1 Å². The molecule has 1 aromatic heterocycles. The lowest BCUT2D eigenvalue weighted by Gasteiger charge is -2.44. The lowest BCUT2D eigenvalue weighted by molar-refractivity contribution is -0.134. The van der Waals surface area contributed by atoms with Gasteiger partial charge < -0.3 is 14.7 Å². The van der Waals surface area contributed by atoms with Gasteiger partial charge in [-0.3, -0.25) is 4.98 Å². The number of aromatic nitrogens is 1. The largest absolute Gasteiger partial charge is 0.385 e. The molecular weight excluding hydrogens is 284 g/mol. The van der Waals surface area contributed by atoms with Crippen LogP contribution in [0.25, 0.3) is 0 Å². The summed E-state index contributed by atoms with van der Waals surface area (Å²) in [6, 6.07) is 3.77. The number of hydrogen-bond donors (Lipinski definition) is 2. The van der Waals surface area contributed by atoms with Crippen LogP contribution in [0.5, 0.6) is 0 Å². The first-order chi connectivity index (χ1) is 8.54. The molecule has 4 nitrogen and oxygen atoms in total. The fourth-order valence-corrected chi connectivity index (χ4v) is 2.93. The van der Waals surface area contributed by atoms with E-state index in [1.807, 2.05) is 31.1 Å². The van der Waals surface area contributed by atoms with E-state index in [-0.39, 0.29) is 23.8 Å². The van der Waals surface area contributed by atoms with E-state index in [4.69, 9.17) is 4.74 Å². The highest BCUT2D eigenvalue weighted by Gasteiger charge is 2.45. The molecule has 108 valence electrons. The predicted octanol–water partition coefficient (Wildman–Crippen LogP) is 1.54. The van der Waals surface area contributed by atoms with Gasteiger partial charge in [0.15, 0.2) is 0 Å². The van der Waals surface area contributed by atoms with Crippen LogP contribution >= 0.6 is 25.0 Å². The molecule has 1 fully saturated rings. The van der Waals surface area contributed by atoms with E-state index >= 15 is 0 Å². The van der Waals surface area contributed by atoms with Crippen LogP contribution in [-0.4, -0.2) is 47.7 Å². The van der Waals surface area contributed by atoms with Gasteiger partial charge in [-0.25, -0.2) is 0 Å². The smallest absolute Gasteiger partial charge is 0.107 e. The highest BCUT2D eigenvalue weighted by Crippen LogP contribution is 2.40. The minimum Gasteiger partial charge on any atom is -0.385 e. The second-order valence-corrected chi connectivity index (χ2v) is 5.56. The number of hydrogen-bond acceptors (Lipinski definition) is 5. The lowest BCUT2D eigenvalue weighted by Crippen LogP contribution is -2.50. The van der Waals surface area contributed by atoms with E-state index in [9.17, 15) is 5.11 Å². The Hall–Kier alpha value is -0.330. The molecule has 1 aromatic rings. The Morgan fingerprint density at radius 2 is 2.32 bits per heavy atom. The van der Waals surface area contributed by atoms with Crippen molar-refractivity contribution < 1.29 is 9.84 Å². The summed E-state index contributed by atoms with van der Waals surface area (Å²) < 4.78 is 5.57. The minimum atomic E-state index is -0.913. The van der Waals surface area contributed by atoms with Gasteiger partial charge in [0, 0.05) is 36.8 Å². The van der Waals surface area contributed by atoms with Crippen molar-refractivity contribution in [2.45, 2.75) is 17.5 Å². The number of rotatable bonds is 3. The molecule has 0 saturated carbocycles. The van der Waals surface area contributed by atoms with Gasteiger partial charge in [0.25, 0.3) is 0 Å². The molecule has 1 N–H and O–H groups in total. The summed E-state index contributed by atoms with van der Waals surface area (Å²) in [5, 5.41) is 11.0. The van der Waals surface area contributed by atoms with Crippen molar-refractivity contribution in [1.82, 2.24) is 9.88 Å². The maximum atomic E-state index is 11.0. The van der Waals surface area contributed by atoms with Crippen LogP contribution in [0, 0.1) is 5.92 Å². The van der Waals surface area contributed by atoms with Crippen LogP contribution in [0.1, 0.15) is 12.0 Å². The molecule has 0 spiro atoms. The van der Waals surface area contributed by atoms with Crippen molar-refractivity contribution in [2.75, 3.05) is 27.2 Å². The summed E-state index contributed by atoms with van der Waals surface area (Å²) in [7, 11) is 3.97. The summed E-state index contributed by atoms with van der Waals surface area (Å²) in [6.45, 7) is 1.24. The molecule has 2 rings (SSSR count). The van der Waals surface area contributed by atoms with Gasteiger partial charge in [-0.2, -0.15) is 0 Å². The first-order valence-corrected chi connectivity index (χ1v) is 6.63. The molecule has 1 saturated heterocycles. The number of halogens is 1. The monoisotopic (exact) mass is 304 g/mol. The summed E-state index contributed by atoms with van der Waals surface area (Å²) in [5.74, 6) is -0.0752. The molecule has 1 aliphatic rings. The van der Waals surface area contributed by atoms with E-state index in [0.717, 1.165) is 12.1 Å². The van der Waals surface area contributed by atoms with Crippen LogP contribution in [0.2, 0.25) is 0 Å². The number of ether oxygens (including phenoxy) is 1. The number of aliphatic hydroxyl groups is 1. The van der Waals surface area contributed by atoms with Crippen LogP contribution < -0.4 is 0 Å². The standard InChI is InChI=1S/C13H20N2O2S.ClH/c1-15(2)9-11-12(18)17-7-5-13(11,16)10-4-3-6-14-8-10;/h3-4,6,8,11-12,16,18H,5,7,9H2,1-2H3;1H. The van der Waals surface area contributed by atoms with Gasteiger partial charge in [0.1, 0.15) is 11.0 Å². The Labute approximate surface area is 126 Å². The minimum absolute atomic E-state index is 0. The third-order valence-electron chi connectivity index (χ3n) is 3.45. The molecule has 1 aliphatic heterocycles. The molecule has 3 unspecified atom stereocenters. The van der Waals surface area contributed by atoms with E-state index in [2.05, 4.69) is 17.6 Å². The summed E-state index contributed by atoms with van der Waals surface area (Å²) >= 11 is 4.47. The Morgan fingerprint density at radius 3 is 2.89 bits per heavy atom. The van der Waals surface area contributed by atoms with Crippen LogP contribution in [-0.2, 0) is 10.3 Å². The lowest BCUT2D eigenvalue weighted by atomic mass is 9.78. The van der Waals surface area contributed by atoms with Gasteiger partial charge in [-0.05, 0) is 20.2 Å². The molecule has 3 atom stereocenters. The predicted molar refractivity (Wildman–Crippen MR) is 80.8 cm³/mol. The van der Waals surface area contributed by atoms with Gasteiger partial charge in [0.2, 0.25) is 0 Å². The second kappa shape index (κ2) is 6.90. The molecule has 0 aromatic carbocycles. The van der Waals surface area contributed by atoms with Crippen molar-refractivity contribution in [3.63, 3.8) is 0 Å². The average Bonchev–Trinajstić information content (AvgIpc) is 2.35. The Kier molecular flexibility index (Phi) is 6.08. The van der Waals surface area contributed by atoms with Gasteiger partial charge in [-0.15, -0.1) is 25.0 Å². The first-order valence-electron chi connectivity index (χ1n) is 6.11. The van der Waals surface area contributed by atoms with Gasteiger partial charge in [-0.1, -0.05) is 6.07 Å². The molecule has 19 heavy (non-hydrogen) atoms. The van der Waals surface area contributed by atoms with Crippen molar-refractivity contribution in [1.29, 1.82) is 0 Å². The topological polar surface area (TPSA) is 45.6 Å². The van der Waals surface area contributed by atoms with Gasteiger partial charge >= 0.3 is 0 Å². The van der Waals surface area contributed by atoms with E-state index in [0.29, 0.717) is 13.0 Å². The Morgan fingerprint density at radius 1 is 1.58 bits per heavy atom. The highest BCUT2D eigenvalue weighted by atomic mass is 35.5. The molecule has 0 aliphatic carbocycles. The van der Waals surface area contributed by atoms with Crippen molar-refractivity contribution in [3.8, 4) is 0 Å². The number of pyridine rings is 1. The maximum absolute atomic E-state index is 11.0. The van der Waals surface area contributed by atoms with E-state index in [1.54, 1.807) is 12.4 Å². The fraction of sp³-hybridized carbons (Fsp3) is 0.615. The van der Waals surface area contributed by atoms with Crippen LogP contribution in [0.3, 0.4) is 0 Å². The summed E-state index contributed by atoms with van der Waals surface area (Å²) in [5.41, 5.74) is -0.325. The van der Waals surface area contributed by atoms with Gasteiger partial charge in [0.05, 0.1) is 6.61 Å². The zero-order valence-electron chi connectivity index (χ0n) is 11.2. The molecule has 2 heterocycles. The third kappa shape index (κ3) is 3.61. The van der Waals surface area contributed by atoms with Crippen molar-refractivity contribution >= 4 is 25.0 Å². The third-order valence-corrected chi connectivity index (χ3v) is 3.96. The molecule has 0 amide bonds. The Balaban J connectivity index is 0.00000180. The fourth-order valence-electron chi connectivity index (χ4n) is 2.48. The zero-order valence-corrected chi connectivity index (χ0v) is 12.9. The molecule has 0 bridgehead atoms. The normalized spacial score (nSPS) is 31.0. The highest BCUT2D eigenvalue weighted by molar-refractivity contribution is 7.80. The molecular formula is C13H21ClN2O2S. The number of nitrogens with zero attached hydrogens (tertiary/aromatic N) is 2. The molecule has 6 heteroatoms. The maximum Gasteiger partial charge on any atom is 0.107 e. The molecule has 0 radical (unpaired) electrons. The SMILES string of the molecule is CN(C)CC1C(S)OCCC1(O)c1cccnc1.Cl. The van der Waals surface area contributed by atoms with Crippen LogP contribution in [0.4, 0.5) is 0 Å². The zero-order chi connectivity index (χ0) is 13.2. The van der Waals surface area contributed by atoms with E-state index in [1.165, 1.54) is 0 Å². The first kappa shape index (κ1) is 16.7. The summed E-state index contributed by atoms with van der Waals surface area (Å²) in [4.78, 5) is 6.15. The average molecular weight is 305 g/mol. The summed E-state index contributed by atoms with van der Waals surface area (Å²) in [6.07, 6.45) is 4.02. The Bertz CT molecular complexity index is 393. The van der Waals surface area contributed by atoms with Crippen molar-refractivity contribution in [2.24, 2.45) is 5.92 Å². The second-order valence-electron chi connectivity index (χ2n) is 5.05. The number of thiol groups is 1.